The van der Waals surface area contributed by atoms with Gasteiger partial charge in [0.15, 0.2) is 0 Å². The van der Waals surface area contributed by atoms with Gasteiger partial charge in [-0.3, -0.25) is 4.79 Å². The van der Waals surface area contributed by atoms with Crippen LogP contribution in [0.5, 0.6) is 0 Å². The van der Waals surface area contributed by atoms with Crippen LogP contribution in [0.3, 0.4) is 0 Å². The molecule has 0 aromatic heterocycles. The number of aliphatic carboxylic acids is 1. The molecule has 0 aromatic rings. The van der Waals surface area contributed by atoms with E-state index < -0.39 is 5.97 Å². The standard InChI is InChI=1S/C19H30N2O3/c1-2-19(11-7-4-8-12-19)21-13-15(18(23)24)16(17(21)22)20-14-9-5-3-6-10-14/h14,20H,2-13H2,1H3,(H,23,24). The third-order valence-electron chi connectivity index (χ3n) is 6.30. The summed E-state index contributed by atoms with van der Waals surface area (Å²) in [5, 5.41) is 12.9. The Morgan fingerprint density at radius 1 is 1.17 bits per heavy atom. The molecule has 0 saturated heterocycles. The van der Waals surface area contributed by atoms with Gasteiger partial charge in [0.05, 0.1) is 12.1 Å². The zero-order valence-electron chi connectivity index (χ0n) is 14.8. The topological polar surface area (TPSA) is 69.6 Å². The van der Waals surface area contributed by atoms with E-state index >= 15 is 0 Å². The first kappa shape index (κ1) is 17.3. The first-order chi connectivity index (χ1) is 11.6. The predicted molar refractivity (Wildman–Crippen MR) is 92.5 cm³/mol. The van der Waals surface area contributed by atoms with Gasteiger partial charge in [0.2, 0.25) is 0 Å². The van der Waals surface area contributed by atoms with Gasteiger partial charge in [-0.25, -0.2) is 4.79 Å². The lowest BCUT2D eigenvalue weighted by Gasteiger charge is -2.44. The highest BCUT2D eigenvalue weighted by Crippen LogP contribution is 2.40. The zero-order valence-corrected chi connectivity index (χ0v) is 14.8. The number of carboxylic acid groups (broad SMARTS) is 1. The van der Waals surface area contributed by atoms with E-state index in [0.717, 1.165) is 57.8 Å². The van der Waals surface area contributed by atoms with Gasteiger partial charge in [-0.2, -0.15) is 0 Å². The molecule has 2 aliphatic carbocycles. The van der Waals surface area contributed by atoms with Crippen molar-refractivity contribution in [2.75, 3.05) is 6.54 Å². The number of amides is 1. The molecule has 0 radical (unpaired) electrons. The number of hydrogen-bond donors (Lipinski definition) is 2. The van der Waals surface area contributed by atoms with E-state index in [1.807, 2.05) is 4.90 Å². The van der Waals surface area contributed by atoms with Gasteiger partial charge in [-0.1, -0.05) is 45.4 Å². The van der Waals surface area contributed by atoms with Crippen LogP contribution >= 0.6 is 0 Å². The summed E-state index contributed by atoms with van der Waals surface area (Å²) in [6.45, 7) is 2.39. The average molecular weight is 334 g/mol. The predicted octanol–water partition coefficient (Wildman–Crippen LogP) is 3.20. The van der Waals surface area contributed by atoms with Gasteiger partial charge in [0.1, 0.15) is 5.70 Å². The molecule has 0 unspecified atom stereocenters. The molecule has 2 saturated carbocycles. The van der Waals surface area contributed by atoms with Crippen molar-refractivity contribution in [2.24, 2.45) is 0 Å². The van der Waals surface area contributed by atoms with Crippen LogP contribution < -0.4 is 5.32 Å². The summed E-state index contributed by atoms with van der Waals surface area (Å²) in [6.07, 6.45) is 12.0. The first-order valence-electron chi connectivity index (χ1n) is 9.62. The SMILES string of the molecule is CCC1(N2CC(C(=O)O)=C(NC3CCCCC3)C2=O)CCCCC1. The maximum absolute atomic E-state index is 13.1. The molecule has 0 spiro atoms. The van der Waals surface area contributed by atoms with Crippen molar-refractivity contribution >= 4 is 11.9 Å². The van der Waals surface area contributed by atoms with E-state index in [9.17, 15) is 14.7 Å². The summed E-state index contributed by atoms with van der Waals surface area (Å²) in [4.78, 5) is 26.7. The van der Waals surface area contributed by atoms with Gasteiger partial charge < -0.3 is 15.3 Å². The fourth-order valence-electron chi connectivity index (χ4n) is 4.75. The minimum absolute atomic E-state index is 0.0817. The van der Waals surface area contributed by atoms with E-state index in [-0.39, 0.29) is 29.6 Å². The Bertz CT molecular complexity index is 529. The number of carbonyl (C=O) groups excluding carboxylic acids is 1. The molecular formula is C19H30N2O3. The third-order valence-corrected chi connectivity index (χ3v) is 6.30. The molecule has 5 heteroatoms. The summed E-state index contributed by atoms with van der Waals surface area (Å²) in [5.41, 5.74) is 0.489. The highest BCUT2D eigenvalue weighted by atomic mass is 16.4. The maximum atomic E-state index is 13.1. The van der Waals surface area contributed by atoms with Crippen molar-refractivity contribution in [3.8, 4) is 0 Å². The molecule has 1 amide bonds. The van der Waals surface area contributed by atoms with Crippen LogP contribution in [0.25, 0.3) is 0 Å². The van der Waals surface area contributed by atoms with Gasteiger partial charge in [0, 0.05) is 11.6 Å². The molecule has 134 valence electrons. The van der Waals surface area contributed by atoms with Crippen molar-refractivity contribution in [1.82, 2.24) is 10.2 Å². The lowest BCUT2D eigenvalue weighted by molar-refractivity contribution is -0.133. The molecule has 1 heterocycles. The molecule has 0 aromatic carbocycles. The van der Waals surface area contributed by atoms with Gasteiger partial charge >= 0.3 is 5.97 Å². The van der Waals surface area contributed by atoms with E-state index in [2.05, 4.69) is 12.2 Å². The van der Waals surface area contributed by atoms with Gasteiger partial charge in [-0.05, 0) is 32.1 Å². The Labute approximate surface area is 144 Å². The van der Waals surface area contributed by atoms with Crippen molar-refractivity contribution in [2.45, 2.75) is 89.1 Å². The monoisotopic (exact) mass is 334 g/mol. The maximum Gasteiger partial charge on any atom is 0.335 e. The summed E-state index contributed by atoms with van der Waals surface area (Å²) in [7, 11) is 0. The van der Waals surface area contributed by atoms with Crippen molar-refractivity contribution in [3.63, 3.8) is 0 Å². The largest absolute Gasteiger partial charge is 0.478 e. The van der Waals surface area contributed by atoms with Crippen molar-refractivity contribution in [3.05, 3.63) is 11.3 Å². The minimum atomic E-state index is -0.953. The number of nitrogens with one attached hydrogen (secondary N) is 1. The highest BCUT2D eigenvalue weighted by molar-refractivity contribution is 6.06. The molecule has 0 bridgehead atoms. The Morgan fingerprint density at radius 3 is 2.38 bits per heavy atom. The lowest BCUT2D eigenvalue weighted by Crippen LogP contribution is -2.52. The van der Waals surface area contributed by atoms with Gasteiger partial charge in [-0.15, -0.1) is 0 Å². The molecule has 5 nitrogen and oxygen atoms in total. The van der Waals surface area contributed by atoms with E-state index in [1.54, 1.807) is 0 Å². The smallest absolute Gasteiger partial charge is 0.335 e. The van der Waals surface area contributed by atoms with E-state index in [0.29, 0.717) is 5.70 Å². The number of rotatable bonds is 5. The first-order valence-corrected chi connectivity index (χ1v) is 9.62. The summed E-state index contributed by atoms with van der Waals surface area (Å²) in [6, 6.07) is 0.246. The second-order valence-corrected chi connectivity index (χ2v) is 7.67. The van der Waals surface area contributed by atoms with Crippen LogP contribution in [0, 0.1) is 0 Å². The molecule has 0 atom stereocenters. The number of carboxylic acids is 1. The zero-order chi connectivity index (χ0) is 17.2. The quantitative estimate of drug-likeness (QED) is 0.810. The van der Waals surface area contributed by atoms with E-state index in [4.69, 9.17) is 0 Å². The Balaban J connectivity index is 1.81. The van der Waals surface area contributed by atoms with Crippen LogP contribution in [-0.2, 0) is 9.59 Å². The average Bonchev–Trinajstić information content (AvgIpc) is 2.94. The van der Waals surface area contributed by atoms with Crippen LogP contribution in [0.1, 0.15) is 77.6 Å². The summed E-state index contributed by atoms with van der Waals surface area (Å²) in [5.74, 6) is -1.03. The van der Waals surface area contributed by atoms with Crippen LogP contribution in [0.4, 0.5) is 0 Å². The molecule has 3 rings (SSSR count). The Morgan fingerprint density at radius 2 is 1.79 bits per heavy atom. The van der Waals surface area contributed by atoms with Gasteiger partial charge in [0.25, 0.3) is 5.91 Å². The molecular weight excluding hydrogens is 304 g/mol. The molecule has 2 N–H and O–H groups in total. The fraction of sp³-hybridized carbons (Fsp3) is 0.789. The number of hydrogen-bond acceptors (Lipinski definition) is 3. The molecule has 3 aliphatic rings. The lowest BCUT2D eigenvalue weighted by atomic mass is 9.78. The summed E-state index contributed by atoms with van der Waals surface area (Å²) < 4.78 is 0. The number of carbonyl (C=O) groups is 2. The highest BCUT2D eigenvalue weighted by Gasteiger charge is 2.46. The fourth-order valence-corrected chi connectivity index (χ4v) is 4.75. The van der Waals surface area contributed by atoms with Crippen LogP contribution in [0.2, 0.25) is 0 Å². The Kier molecular flexibility index (Phi) is 5.16. The van der Waals surface area contributed by atoms with Crippen molar-refractivity contribution in [1.29, 1.82) is 0 Å². The summed E-state index contributed by atoms with van der Waals surface area (Å²) >= 11 is 0. The second kappa shape index (κ2) is 7.16. The number of nitrogens with zero attached hydrogens (tertiary/aromatic N) is 1. The third kappa shape index (κ3) is 3.17. The van der Waals surface area contributed by atoms with Crippen LogP contribution in [-0.4, -0.2) is 40.0 Å². The van der Waals surface area contributed by atoms with E-state index in [1.165, 1.54) is 12.8 Å². The van der Waals surface area contributed by atoms with Crippen LogP contribution in [0.15, 0.2) is 11.3 Å². The Hall–Kier alpha value is -1.52. The minimum Gasteiger partial charge on any atom is -0.478 e. The molecule has 24 heavy (non-hydrogen) atoms. The second-order valence-electron chi connectivity index (χ2n) is 7.67. The molecule has 2 fully saturated rings. The van der Waals surface area contributed by atoms with Crippen molar-refractivity contribution < 1.29 is 14.7 Å². The molecule has 1 aliphatic heterocycles. The normalized spacial score (nSPS) is 25.2.